The molecule has 2 N–H and O–H groups in total. The van der Waals surface area contributed by atoms with Gasteiger partial charge in [0.25, 0.3) is 5.91 Å². The summed E-state index contributed by atoms with van der Waals surface area (Å²) in [5.74, 6) is -0.211. The van der Waals surface area contributed by atoms with Crippen molar-refractivity contribution in [2.45, 2.75) is 6.42 Å². The van der Waals surface area contributed by atoms with E-state index in [0.29, 0.717) is 28.7 Å². The largest absolute Gasteiger partial charge is 0.388 e. The smallest absolute Gasteiger partial charge is 0.269 e. The number of nitrogens with zero attached hydrogens (tertiary/aromatic N) is 1. The van der Waals surface area contributed by atoms with Crippen LogP contribution in [0.2, 0.25) is 10.0 Å². The number of carbonyl (C=O) groups excluding carboxylic acids is 1. The van der Waals surface area contributed by atoms with Crippen molar-refractivity contribution in [2.24, 2.45) is 0 Å². The zero-order valence-electron chi connectivity index (χ0n) is 11.5. The van der Waals surface area contributed by atoms with E-state index in [1.165, 1.54) is 0 Å². The second kappa shape index (κ2) is 7.29. The molecule has 0 bridgehead atoms. The summed E-state index contributed by atoms with van der Waals surface area (Å²) in [7, 11) is 1.79. The number of pyridine rings is 1. The third-order valence-corrected chi connectivity index (χ3v) is 3.56. The Balaban J connectivity index is 1.92. The van der Waals surface area contributed by atoms with Gasteiger partial charge in [0.2, 0.25) is 0 Å². The zero-order chi connectivity index (χ0) is 15.2. The lowest BCUT2D eigenvalue weighted by Gasteiger charge is -2.07. The summed E-state index contributed by atoms with van der Waals surface area (Å²) in [6.07, 6.45) is 2.23. The van der Waals surface area contributed by atoms with Gasteiger partial charge in [-0.15, -0.1) is 0 Å². The maximum Gasteiger partial charge on any atom is 0.269 e. The Morgan fingerprint density at radius 1 is 1.24 bits per heavy atom. The van der Waals surface area contributed by atoms with Crippen molar-refractivity contribution in [2.75, 3.05) is 18.9 Å². The minimum absolute atomic E-state index is 0.211. The van der Waals surface area contributed by atoms with Crippen LogP contribution in [0.15, 0.2) is 36.5 Å². The van der Waals surface area contributed by atoms with Gasteiger partial charge >= 0.3 is 0 Å². The van der Waals surface area contributed by atoms with Gasteiger partial charge in [0, 0.05) is 35.5 Å². The molecule has 0 aliphatic rings. The van der Waals surface area contributed by atoms with Gasteiger partial charge in [0.1, 0.15) is 5.69 Å². The van der Waals surface area contributed by atoms with Gasteiger partial charge in [-0.05, 0) is 36.2 Å². The maximum absolute atomic E-state index is 12.0. The fourth-order valence-electron chi connectivity index (χ4n) is 1.84. The van der Waals surface area contributed by atoms with Gasteiger partial charge < -0.3 is 10.6 Å². The molecule has 21 heavy (non-hydrogen) atoms. The van der Waals surface area contributed by atoms with E-state index in [2.05, 4.69) is 15.6 Å². The van der Waals surface area contributed by atoms with Crippen molar-refractivity contribution in [3.63, 3.8) is 0 Å². The molecule has 0 spiro atoms. The average Bonchev–Trinajstić information content (AvgIpc) is 2.49. The molecule has 6 heteroatoms. The Bertz CT molecular complexity index is 647. The molecule has 0 fully saturated rings. The number of anilines is 1. The van der Waals surface area contributed by atoms with Gasteiger partial charge in [0.15, 0.2) is 0 Å². The van der Waals surface area contributed by atoms with Crippen molar-refractivity contribution in [1.29, 1.82) is 0 Å². The van der Waals surface area contributed by atoms with Crippen LogP contribution in [0.5, 0.6) is 0 Å². The number of nitrogens with one attached hydrogen (secondary N) is 2. The summed E-state index contributed by atoms with van der Waals surface area (Å²) < 4.78 is 0. The summed E-state index contributed by atoms with van der Waals surface area (Å²) in [6, 6.07) is 8.83. The Kier molecular flexibility index (Phi) is 5.42. The molecule has 1 heterocycles. The van der Waals surface area contributed by atoms with Crippen LogP contribution in [0.4, 0.5) is 5.69 Å². The van der Waals surface area contributed by atoms with Crippen LogP contribution >= 0.6 is 23.2 Å². The number of aromatic nitrogens is 1. The van der Waals surface area contributed by atoms with Crippen LogP contribution in [-0.4, -0.2) is 24.5 Å². The number of halogens is 2. The van der Waals surface area contributed by atoms with E-state index in [0.717, 1.165) is 11.3 Å². The Morgan fingerprint density at radius 2 is 2.05 bits per heavy atom. The number of rotatable bonds is 5. The standard InChI is InChI=1S/C15H15Cl2N3O/c1-18-12-5-7-19-14(9-12)15(21)20-6-4-10-2-3-11(16)8-13(10)17/h2-3,5,7-9H,4,6H2,1H3,(H,18,19)(H,20,21). The number of benzene rings is 1. The van der Waals surface area contributed by atoms with Crippen LogP contribution in [0, 0.1) is 0 Å². The third-order valence-electron chi connectivity index (χ3n) is 2.98. The lowest BCUT2D eigenvalue weighted by Crippen LogP contribution is -2.26. The maximum atomic E-state index is 12.0. The highest BCUT2D eigenvalue weighted by Gasteiger charge is 2.08. The third kappa shape index (κ3) is 4.34. The van der Waals surface area contributed by atoms with E-state index >= 15 is 0 Å². The second-order valence-corrected chi connectivity index (χ2v) is 5.27. The Labute approximate surface area is 133 Å². The molecule has 0 radical (unpaired) electrons. The topological polar surface area (TPSA) is 54.0 Å². The summed E-state index contributed by atoms with van der Waals surface area (Å²) in [6.45, 7) is 0.478. The van der Waals surface area contributed by atoms with Crippen LogP contribution in [0.1, 0.15) is 16.1 Å². The molecule has 0 aliphatic carbocycles. The van der Waals surface area contributed by atoms with Crippen molar-refractivity contribution in [1.82, 2.24) is 10.3 Å². The molecule has 2 aromatic rings. The first-order valence-corrected chi connectivity index (χ1v) is 7.21. The van der Waals surface area contributed by atoms with Gasteiger partial charge in [-0.3, -0.25) is 9.78 Å². The molecular weight excluding hydrogens is 309 g/mol. The van der Waals surface area contributed by atoms with Crippen LogP contribution in [-0.2, 0) is 6.42 Å². The predicted octanol–water partition coefficient (Wildman–Crippen LogP) is 3.40. The van der Waals surface area contributed by atoms with E-state index in [9.17, 15) is 4.79 Å². The summed E-state index contributed by atoms with van der Waals surface area (Å²) in [5, 5.41) is 6.99. The lowest BCUT2D eigenvalue weighted by molar-refractivity contribution is 0.0949. The SMILES string of the molecule is CNc1ccnc(C(=O)NCCc2ccc(Cl)cc2Cl)c1. The molecule has 0 aliphatic heterocycles. The monoisotopic (exact) mass is 323 g/mol. The van der Waals surface area contributed by atoms with Gasteiger partial charge in [-0.2, -0.15) is 0 Å². The van der Waals surface area contributed by atoms with E-state index in [4.69, 9.17) is 23.2 Å². The fraction of sp³-hybridized carbons (Fsp3) is 0.200. The molecule has 110 valence electrons. The highest BCUT2D eigenvalue weighted by molar-refractivity contribution is 6.35. The number of carbonyl (C=O) groups is 1. The Hall–Kier alpha value is -1.78. The minimum Gasteiger partial charge on any atom is -0.388 e. The van der Waals surface area contributed by atoms with Crippen molar-refractivity contribution >= 4 is 34.8 Å². The molecule has 0 atom stereocenters. The quantitative estimate of drug-likeness (QED) is 0.886. The van der Waals surface area contributed by atoms with E-state index in [1.54, 1.807) is 37.5 Å². The molecule has 1 amide bonds. The van der Waals surface area contributed by atoms with Crippen molar-refractivity contribution in [3.8, 4) is 0 Å². The second-order valence-electron chi connectivity index (χ2n) is 4.42. The minimum atomic E-state index is -0.211. The van der Waals surface area contributed by atoms with Crippen LogP contribution < -0.4 is 10.6 Å². The first-order chi connectivity index (χ1) is 10.1. The molecule has 1 aromatic heterocycles. The predicted molar refractivity (Wildman–Crippen MR) is 86.3 cm³/mol. The van der Waals surface area contributed by atoms with Crippen LogP contribution in [0.3, 0.4) is 0 Å². The normalized spacial score (nSPS) is 10.2. The summed E-state index contributed by atoms with van der Waals surface area (Å²) in [5.41, 5.74) is 2.17. The van der Waals surface area contributed by atoms with Crippen LogP contribution in [0.25, 0.3) is 0 Å². The van der Waals surface area contributed by atoms with Gasteiger partial charge in [-0.1, -0.05) is 29.3 Å². The van der Waals surface area contributed by atoms with Crippen molar-refractivity contribution in [3.05, 3.63) is 57.8 Å². The average molecular weight is 324 g/mol. The molecular formula is C15H15Cl2N3O. The molecule has 0 unspecified atom stereocenters. The number of hydrogen-bond donors (Lipinski definition) is 2. The number of hydrogen-bond acceptors (Lipinski definition) is 3. The first-order valence-electron chi connectivity index (χ1n) is 6.46. The fourth-order valence-corrected chi connectivity index (χ4v) is 2.34. The van der Waals surface area contributed by atoms with E-state index in [-0.39, 0.29) is 5.91 Å². The Morgan fingerprint density at radius 3 is 2.76 bits per heavy atom. The summed E-state index contributed by atoms with van der Waals surface area (Å²) in [4.78, 5) is 16.0. The lowest BCUT2D eigenvalue weighted by atomic mass is 10.1. The highest BCUT2D eigenvalue weighted by atomic mass is 35.5. The molecule has 4 nitrogen and oxygen atoms in total. The molecule has 0 saturated carbocycles. The summed E-state index contributed by atoms with van der Waals surface area (Å²) >= 11 is 11.9. The molecule has 0 saturated heterocycles. The first kappa shape index (κ1) is 15.6. The molecule has 1 aromatic carbocycles. The highest BCUT2D eigenvalue weighted by Crippen LogP contribution is 2.21. The van der Waals surface area contributed by atoms with Gasteiger partial charge in [0.05, 0.1) is 0 Å². The van der Waals surface area contributed by atoms with E-state index < -0.39 is 0 Å². The van der Waals surface area contributed by atoms with E-state index in [1.807, 2.05) is 6.07 Å². The molecule has 2 rings (SSSR count). The number of amides is 1. The zero-order valence-corrected chi connectivity index (χ0v) is 13.0. The van der Waals surface area contributed by atoms with Crippen molar-refractivity contribution < 1.29 is 4.79 Å². The van der Waals surface area contributed by atoms with Gasteiger partial charge in [-0.25, -0.2) is 0 Å².